The van der Waals surface area contributed by atoms with E-state index in [2.05, 4.69) is 29.3 Å². The molecule has 1 fully saturated rings. The number of hydrogen-bond acceptors (Lipinski definition) is 4. The van der Waals surface area contributed by atoms with Crippen molar-refractivity contribution < 1.29 is 9.18 Å². The number of aldehydes is 1. The second-order valence-electron chi connectivity index (χ2n) is 7.31. The summed E-state index contributed by atoms with van der Waals surface area (Å²) in [4.78, 5) is 13.3. The standard InChI is InChI=1S/C18H28FN3O/c1-11-9-13(4-5-15(11)19)18-14(7-8-21-18)16-6-3-12(2)22(16)17(20)10-23/h3,6,10,12-14,16-18,21H,4-5,7-9,20H2,1-2H3. The number of nitrogens with two attached hydrogens (primary N) is 1. The molecule has 0 aromatic carbocycles. The van der Waals surface area contributed by atoms with E-state index in [4.69, 9.17) is 5.73 Å². The number of halogens is 1. The number of hydrogen-bond donors (Lipinski definition) is 2. The van der Waals surface area contributed by atoms with Crippen LogP contribution in [0.4, 0.5) is 4.39 Å². The molecule has 1 aliphatic carbocycles. The van der Waals surface area contributed by atoms with Crippen LogP contribution in [0.15, 0.2) is 23.6 Å². The molecule has 2 aliphatic heterocycles. The van der Waals surface area contributed by atoms with Crippen molar-refractivity contribution in [3.8, 4) is 0 Å². The predicted octanol–water partition coefficient (Wildman–Crippen LogP) is 2.12. The minimum Gasteiger partial charge on any atom is -0.313 e. The highest BCUT2D eigenvalue weighted by Gasteiger charge is 2.43. The van der Waals surface area contributed by atoms with Gasteiger partial charge in [-0.3, -0.25) is 4.90 Å². The molecular weight excluding hydrogens is 293 g/mol. The minimum absolute atomic E-state index is 0.0785. The minimum atomic E-state index is -0.559. The molecule has 3 N–H and O–H groups in total. The van der Waals surface area contributed by atoms with Gasteiger partial charge < -0.3 is 15.8 Å². The third-order valence-corrected chi connectivity index (χ3v) is 5.92. The molecule has 0 aromatic heterocycles. The Balaban J connectivity index is 1.76. The third kappa shape index (κ3) is 3.14. The molecule has 3 rings (SSSR count). The first-order valence-corrected chi connectivity index (χ1v) is 8.77. The zero-order valence-electron chi connectivity index (χ0n) is 14.0. The summed E-state index contributed by atoms with van der Waals surface area (Å²) in [6.45, 7) is 4.98. The van der Waals surface area contributed by atoms with E-state index in [0.717, 1.165) is 37.7 Å². The summed E-state index contributed by atoms with van der Waals surface area (Å²) < 4.78 is 13.7. The molecule has 3 aliphatic rings. The molecule has 0 bridgehead atoms. The Bertz CT molecular complexity index is 518. The molecule has 23 heavy (non-hydrogen) atoms. The lowest BCUT2D eigenvalue weighted by Crippen LogP contribution is -2.54. The van der Waals surface area contributed by atoms with Crippen LogP contribution in [0.25, 0.3) is 0 Å². The van der Waals surface area contributed by atoms with Crippen LogP contribution in [0, 0.1) is 11.8 Å². The molecule has 128 valence electrons. The fourth-order valence-corrected chi connectivity index (χ4v) is 4.73. The Labute approximate surface area is 138 Å². The number of carbonyl (C=O) groups is 1. The number of allylic oxidation sites excluding steroid dienone is 2. The fraction of sp³-hybridized carbons (Fsp3) is 0.722. The van der Waals surface area contributed by atoms with Gasteiger partial charge in [0.05, 0.1) is 5.83 Å². The van der Waals surface area contributed by atoms with Gasteiger partial charge in [0.2, 0.25) is 0 Å². The van der Waals surface area contributed by atoms with Crippen molar-refractivity contribution in [2.45, 2.75) is 63.8 Å². The zero-order chi connectivity index (χ0) is 16.6. The number of nitrogens with zero attached hydrogens (tertiary/aromatic N) is 1. The first kappa shape index (κ1) is 16.8. The molecule has 0 saturated carbocycles. The topological polar surface area (TPSA) is 58.4 Å². The average molecular weight is 321 g/mol. The molecule has 4 nitrogen and oxygen atoms in total. The Morgan fingerprint density at radius 2 is 2.22 bits per heavy atom. The maximum atomic E-state index is 13.7. The summed E-state index contributed by atoms with van der Waals surface area (Å²) in [5.74, 6) is 0.983. The van der Waals surface area contributed by atoms with Crippen molar-refractivity contribution in [1.29, 1.82) is 0 Å². The van der Waals surface area contributed by atoms with E-state index >= 15 is 0 Å². The molecule has 6 unspecified atom stereocenters. The smallest absolute Gasteiger partial charge is 0.151 e. The van der Waals surface area contributed by atoms with Crippen molar-refractivity contribution in [3.05, 3.63) is 23.6 Å². The van der Waals surface area contributed by atoms with Crippen molar-refractivity contribution in [3.63, 3.8) is 0 Å². The summed E-state index contributed by atoms with van der Waals surface area (Å²) in [5.41, 5.74) is 6.94. The highest BCUT2D eigenvalue weighted by Crippen LogP contribution is 2.39. The Morgan fingerprint density at radius 3 is 2.91 bits per heavy atom. The molecule has 5 heteroatoms. The monoisotopic (exact) mass is 321 g/mol. The van der Waals surface area contributed by atoms with E-state index in [1.165, 1.54) is 0 Å². The van der Waals surface area contributed by atoms with E-state index in [0.29, 0.717) is 24.3 Å². The van der Waals surface area contributed by atoms with Crippen molar-refractivity contribution >= 4 is 6.29 Å². The highest BCUT2D eigenvalue weighted by atomic mass is 19.1. The summed E-state index contributed by atoms with van der Waals surface area (Å²) in [5, 5.41) is 3.65. The molecule has 0 radical (unpaired) electrons. The van der Waals surface area contributed by atoms with Crippen LogP contribution in [-0.2, 0) is 4.79 Å². The molecular formula is C18H28FN3O. The van der Waals surface area contributed by atoms with E-state index in [1.54, 1.807) is 0 Å². The predicted molar refractivity (Wildman–Crippen MR) is 89.3 cm³/mol. The summed E-state index contributed by atoms with van der Waals surface area (Å²) in [6.07, 6.45) is 8.02. The van der Waals surface area contributed by atoms with E-state index in [1.807, 2.05) is 6.92 Å². The van der Waals surface area contributed by atoms with Gasteiger partial charge in [0.25, 0.3) is 0 Å². The Morgan fingerprint density at radius 1 is 1.43 bits per heavy atom. The van der Waals surface area contributed by atoms with Gasteiger partial charge in [-0.1, -0.05) is 12.2 Å². The Hall–Kier alpha value is -1.04. The maximum absolute atomic E-state index is 13.7. The van der Waals surface area contributed by atoms with Gasteiger partial charge in [-0.2, -0.15) is 0 Å². The van der Waals surface area contributed by atoms with Gasteiger partial charge >= 0.3 is 0 Å². The lowest BCUT2D eigenvalue weighted by molar-refractivity contribution is -0.113. The van der Waals surface area contributed by atoms with Crippen molar-refractivity contribution in [2.75, 3.05) is 6.54 Å². The highest BCUT2D eigenvalue weighted by molar-refractivity contribution is 5.57. The summed E-state index contributed by atoms with van der Waals surface area (Å²) in [6, 6.07) is 0.757. The lowest BCUT2D eigenvalue weighted by Gasteiger charge is -2.39. The lowest BCUT2D eigenvalue weighted by atomic mass is 9.77. The van der Waals surface area contributed by atoms with Crippen LogP contribution in [0.2, 0.25) is 0 Å². The molecule has 0 aromatic rings. The van der Waals surface area contributed by atoms with Crippen molar-refractivity contribution in [1.82, 2.24) is 10.2 Å². The fourth-order valence-electron chi connectivity index (χ4n) is 4.73. The third-order valence-electron chi connectivity index (χ3n) is 5.92. The second kappa shape index (κ2) is 6.83. The van der Waals surface area contributed by atoms with Gasteiger partial charge in [0.15, 0.2) is 6.29 Å². The number of nitrogens with one attached hydrogen (secondary N) is 1. The first-order chi connectivity index (χ1) is 11.0. The quantitative estimate of drug-likeness (QED) is 0.615. The van der Waals surface area contributed by atoms with Crippen LogP contribution in [-0.4, -0.2) is 42.0 Å². The summed E-state index contributed by atoms with van der Waals surface area (Å²) >= 11 is 0. The molecule has 0 amide bonds. The van der Waals surface area contributed by atoms with Crippen molar-refractivity contribution in [2.24, 2.45) is 17.6 Å². The molecule has 6 atom stereocenters. The Kier molecular flexibility index (Phi) is 4.99. The average Bonchev–Trinajstić information content (AvgIpc) is 3.15. The number of rotatable bonds is 4. The van der Waals surface area contributed by atoms with Gasteiger partial charge in [0, 0.05) is 18.1 Å². The van der Waals surface area contributed by atoms with Gasteiger partial charge in [-0.05, 0) is 63.5 Å². The van der Waals surface area contributed by atoms with E-state index in [-0.39, 0.29) is 17.9 Å². The SMILES string of the molecule is CC1=C(F)CCC(C2NCCC2C2C=CC(C)N2C(N)C=O)C1. The van der Waals surface area contributed by atoms with E-state index in [9.17, 15) is 9.18 Å². The molecule has 1 saturated heterocycles. The van der Waals surface area contributed by atoms with Crippen LogP contribution in [0.5, 0.6) is 0 Å². The molecule has 2 heterocycles. The van der Waals surface area contributed by atoms with Gasteiger partial charge in [-0.25, -0.2) is 4.39 Å². The maximum Gasteiger partial charge on any atom is 0.151 e. The molecule has 0 spiro atoms. The largest absolute Gasteiger partial charge is 0.313 e. The summed E-state index contributed by atoms with van der Waals surface area (Å²) in [7, 11) is 0. The van der Waals surface area contributed by atoms with Crippen LogP contribution in [0.3, 0.4) is 0 Å². The van der Waals surface area contributed by atoms with Crippen LogP contribution in [0.1, 0.15) is 39.5 Å². The first-order valence-electron chi connectivity index (χ1n) is 8.77. The zero-order valence-corrected chi connectivity index (χ0v) is 14.0. The van der Waals surface area contributed by atoms with Gasteiger partial charge in [-0.15, -0.1) is 0 Å². The second-order valence-corrected chi connectivity index (χ2v) is 7.31. The normalized spacial score (nSPS) is 39.9. The van der Waals surface area contributed by atoms with E-state index < -0.39 is 6.17 Å². The number of carbonyl (C=O) groups excluding carboxylic acids is 1. The van der Waals surface area contributed by atoms with Crippen LogP contribution >= 0.6 is 0 Å². The van der Waals surface area contributed by atoms with Gasteiger partial charge in [0.1, 0.15) is 6.17 Å². The van der Waals surface area contributed by atoms with Crippen LogP contribution < -0.4 is 11.1 Å².